The maximum absolute atomic E-state index is 11.9. The second-order valence-corrected chi connectivity index (χ2v) is 4.02. The minimum Gasteiger partial charge on any atom is -0.339 e. The van der Waals surface area contributed by atoms with Crippen molar-refractivity contribution in [1.82, 2.24) is 19.6 Å². The van der Waals surface area contributed by atoms with E-state index in [4.69, 9.17) is 5.26 Å². The van der Waals surface area contributed by atoms with Crippen LogP contribution < -0.4 is 0 Å². The first-order chi connectivity index (χ1) is 8.29. The lowest BCUT2D eigenvalue weighted by molar-refractivity contribution is -0.133. The number of carbonyl (C=O) groups excluding carboxylic acids is 1. The van der Waals surface area contributed by atoms with Crippen LogP contribution in [0.4, 0.5) is 0 Å². The van der Waals surface area contributed by atoms with Crippen LogP contribution in [0.1, 0.15) is 0 Å². The highest BCUT2D eigenvalue weighted by Gasteiger charge is 2.20. The predicted molar refractivity (Wildman–Crippen MR) is 60.9 cm³/mol. The van der Waals surface area contributed by atoms with Crippen molar-refractivity contribution in [2.75, 3.05) is 32.7 Å². The van der Waals surface area contributed by atoms with Crippen LogP contribution in [-0.4, -0.2) is 58.2 Å². The van der Waals surface area contributed by atoms with Gasteiger partial charge in [0.05, 0.1) is 12.6 Å². The summed E-state index contributed by atoms with van der Waals surface area (Å²) < 4.78 is 1.63. The maximum Gasteiger partial charge on any atom is 0.244 e. The van der Waals surface area contributed by atoms with Gasteiger partial charge in [-0.25, -0.2) is 0 Å². The Morgan fingerprint density at radius 2 is 2.12 bits per heavy atom. The van der Waals surface area contributed by atoms with E-state index in [2.05, 4.69) is 16.1 Å². The van der Waals surface area contributed by atoms with Gasteiger partial charge in [0, 0.05) is 38.6 Å². The molecule has 90 valence electrons. The van der Waals surface area contributed by atoms with E-state index in [1.807, 2.05) is 4.90 Å². The summed E-state index contributed by atoms with van der Waals surface area (Å²) in [6.07, 6.45) is 3.45. The smallest absolute Gasteiger partial charge is 0.244 e. The molecule has 1 aromatic heterocycles. The summed E-state index contributed by atoms with van der Waals surface area (Å²) in [5.74, 6) is 0.0882. The van der Waals surface area contributed by atoms with Crippen LogP contribution in [0.25, 0.3) is 0 Å². The highest BCUT2D eigenvalue weighted by Crippen LogP contribution is 2.02. The largest absolute Gasteiger partial charge is 0.339 e. The molecule has 1 fully saturated rings. The molecule has 17 heavy (non-hydrogen) atoms. The number of hydrogen-bond acceptors (Lipinski definition) is 4. The maximum atomic E-state index is 11.9. The molecule has 0 unspecified atom stereocenters. The molecule has 0 bridgehead atoms. The van der Waals surface area contributed by atoms with E-state index in [0.29, 0.717) is 26.2 Å². The molecule has 1 saturated heterocycles. The van der Waals surface area contributed by atoms with Crippen molar-refractivity contribution in [3.8, 4) is 6.07 Å². The third-order valence-corrected chi connectivity index (χ3v) is 2.88. The van der Waals surface area contributed by atoms with Crippen molar-refractivity contribution in [3.05, 3.63) is 18.5 Å². The van der Waals surface area contributed by atoms with E-state index in [-0.39, 0.29) is 5.91 Å². The highest BCUT2D eigenvalue weighted by molar-refractivity contribution is 5.76. The third-order valence-electron chi connectivity index (χ3n) is 2.88. The summed E-state index contributed by atoms with van der Waals surface area (Å²) in [7, 11) is 0. The summed E-state index contributed by atoms with van der Waals surface area (Å²) >= 11 is 0. The minimum atomic E-state index is 0.0882. The van der Waals surface area contributed by atoms with E-state index >= 15 is 0 Å². The van der Waals surface area contributed by atoms with Crippen LogP contribution >= 0.6 is 0 Å². The molecule has 6 heteroatoms. The molecular weight excluding hydrogens is 218 g/mol. The molecule has 1 aliphatic rings. The van der Waals surface area contributed by atoms with Crippen molar-refractivity contribution >= 4 is 5.91 Å². The summed E-state index contributed by atoms with van der Waals surface area (Å²) in [4.78, 5) is 15.8. The van der Waals surface area contributed by atoms with Crippen molar-refractivity contribution in [1.29, 1.82) is 5.26 Å². The summed E-state index contributed by atoms with van der Waals surface area (Å²) in [5.41, 5.74) is 0. The van der Waals surface area contributed by atoms with E-state index in [0.717, 1.165) is 13.1 Å². The zero-order valence-electron chi connectivity index (χ0n) is 9.62. The fourth-order valence-corrected chi connectivity index (χ4v) is 1.89. The number of hydrogen-bond donors (Lipinski definition) is 0. The molecule has 0 N–H and O–H groups in total. The van der Waals surface area contributed by atoms with E-state index in [1.165, 1.54) is 0 Å². The Morgan fingerprint density at radius 1 is 1.35 bits per heavy atom. The zero-order chi connectivity index (χ0) is 12.1. The Kier molecular flexibility index (Phi) is 3.73. The van der Waals surface area contributed by atoms with Crippen LogP contribution in [-0.2, 0) is 11.3 Å². The number of nitriles is 1. The van der Waals surface area contributed by atoms with Gasteiger partial charge in [0.1, 0.15) is 6.54 Å². The number of aromatic nitrogens is 2. The summed E-state index contributed by atoms with van der Waals surface area (Å²) in [6.45, 7) is 3.69. The molecular formula is C11H15N5O. The van der Waals surface area contributed by atoms with Gasteiger partial charge in [-0.3, -0.25) is 14.4 Å². The zero-order valence-corrected chi connectivity index (χ0v) is 9.62. The highest BCUT2D eigenvalue weighted by atomic mass is 16.2. The van der Waals surface area contributed by atoms with Gasteiger partial charge in [-0.15, -0.1) is 0 Å². The number of rotatable bonds is 3. The van der Waals surface area contributed by atoms with Gasteiger partial charge in [0.25, 0.3) is 0 Å². The van der Waals surface area contributed by atoms with Crippen LogP contribution in [0.3, 0.4) is 0 Å². The molecule has 1 aromatic rings. The number of nitrogens with zero attached hydrogens (tertiary/aromatic N) is 5. The Hall–Kier alpha value is -1.87. The molecule has 2 heterocycles. The van der Waals surface area contributed by atoms with Gasteiger partial charge in [0.15, 0.2) is 0 Å². The molecule has 0 atom stereocenters. The molecule has 2 rings (SSSR count). The second kappa shape index (κ2) is 5.46. The van der Waals surface area contributed by atoms with E-state index in [1.54, 1.807) is 23.1 Å². The molecule has 6 nitrogen and oxygen atoms in total. The minimum absolute atomic E-state index is 0.0882. The fraction of sp³-hybridized carbons (Fsp3) is 0.545. The third kappa shape index (κ3) is 3.04. The molecule has 0 radical (unpaired) electrons. The predicted octanol–water partition coefficient (Wildman–Crippen LogP) is -0.449. The first kappa shape index (κ1) is 11.6. The molecule has 1 aliphatic heterocycles. The van der Waals surface area contributed by atoms with Crippen LogP contribution in [0, 0.1) is 11.3 Å². The summed E-state index contributed by atoms with van der Waals surface area (Å²) in [5, 5.41) is 12.6. The van der Waals surface area contributed by atoms with Crippen LogP contribution in [0.5, 0.6) is 0 Å². The lowest BCUT2D eigenvalue weighted by Gasteiger charge is -2.33. The lowest BCUT2D eigenvalue weighted by atomic mass is 10.3. The normalized spacial score (nSPS) is 16.8. The first-order valence-corrected chi connectivity index (χ1v) is 5.64. The number of piperazine rings is 1. The van der Waals surface area contributed by atoms with E-state index in [9.17, 15) is 4.79 Å². The monoisotopic (exact) mass is 233 g/mol. The molecule has 0 aromatic carbocycles. The van der Waals surface area contributed by atoms with Gasteiger partial charge in [-0.1, -0.05) is 0 Å². The Labute approximate surface area is 100 Å². The molecule has 0 saturated carbocycles. The standard InChI is InChI=1S/C11H15N5O/c12-2-5-14-6-8-15(9-7-14)11(17)10-16-4-1-3-13-16/h1,3-4H,5-10H2. The van der Waals surface area contributed by atoms with Gasteiger partial charge in [0.2, 0.25) is 5.91 Å². The fourth-order valence-electron chi connectivity index (χ4n) is 1.89. The van der Waals surface area contributed by atoms with Crippen LogP contribution in [0.15, 0.2) is 18.5 Å². The average Bonchev–Trinajstić information content (AvgIpc) is 2.83. The Balaban J connectivity index is 1.80. The van der Waals surface area contributed by atoms with Crippen molar-refractivity contribution < 1.29 is 4.79 Å². The van der Waals surface area contributed by atoms with Gasteiger partial charge >= 0.3 is 0 Å². The SMILES string of the molecule is N#CCN1CCN(C(=O)Cn2cccn2)CC1. The topological polar surface area (TPSA) is 65.2 Å². The second-order valence-electron chi connectivity index (χ2n) is 4.02. The van der Waals surface area contributed by atoms with Gasteiger partial charge < -0.3 is 4.90 Å². The molecule has 0 aliphatic carbocycles. The number of amides is 1. The van der Waals surface area contributed by atoms with E-state index < -0.39 is 0 Å². The van der Waals surface area contributed by atoms with Crippen molar-refractivity contribution in [3.63, 3.8) is 0 Å². The quantitative estimate of drug-likeness (QED) is 0.663. The van der Waals surface area contributed by atoms with Crippen LogP contribution in [0.2, 0.25) is 0 Å². The van der Waals surface area contributed by atoms with Gasteiger partial charge in [-0.2, -0.15) is 10.4 Å². The Bertz CT molecular complexity index is 400. The first-order valence-electron chi connectivity index (χ1n) is 5.64. The average molecular weight is 233 g/mol. The molecule has 1 amide bonds. The Morgan fingerprint density at radius 3 is 2.71 bits per heavy atom. The van der Waals surface area contributed by atoms with Crippen molar-refractivity contribution in [2.45, 2.75) is 6.54 Å². The van der Waals surface area contributed by atoms with Gasteiger partial charge in [-0.05, 0) is 6.07 Å². The number of carbonyl (C=O) groups is 1. The molecule has 0 spiro atoms. The van der Waals surface area contributed by atoms with Crippen molar-refractivity contribution in [2.24, 2.45) is 0 Å². The lowest BCUT2D eigenvalue weighted by Crippen LogP contribution is -2.49. The summed E-state index contributed by atoms with van der Waals surface area (Å²) in [6, 6.07) is 3.93.